The van der Waals surface area contributed by atoms with Gasteiger partial charge in [0.2, 0.25) is 11.8 Å². The number of para-hydroxylation sites is 1. The summed E-state index contributed by atoms with van der Waals surface area (Å²) in [6, 6.07) is 7.53. The number of nitrogens with zero attached hydrogens (tertiary/aromatic N) is 2. The number of aromatic nitrogens is 1. The number of nitrogens with one attached hydrogen (secondary N) is 1. The zero-order valence-corrected chi connectivity index (χ0v) is 11.2. The predicted molar refractivity (Wildman–Crippen MR) is 76.6 cm³/mol. The smallest absolute Gasteiger partial charge is 0.246 e. The number of hydrogen-bond acceptors (Lipinski definition) is 5. The first-order valence-electron chi connectivity index (χ1n) is 6.49. The Hall–Kier alpha value is -2.50. The first-order valence-corrected chi connectivity index (χ1v) is 6.49. The molecule has 1 aromatic heterocycles. The fourth-order valence-electron chi connectivity index (χ4n) is 2.50. The third-order valence-electron chi connectivity index (χ3n) is 3.34. The fourth-order valence-corrected chi connectivity index (χ4v) is 2.50. The second-order valence-electron chi connectivity index (χ2n) is 4.91. The molecule has 3 rings (SSSR count). The molecule has 1 aliphatic rings. The number of carbonyl (C=O) groups excluding carboxylic acids is 1. The molecule has 3 N–H and O–H groups in total. The van der Waals surface area contributed by atoms with Crippen LogP contribution in [0.2, 0.25) is 0 Å². The van der Waals surface area contributed by atoms with E-state index in [1.807, 2.05) is 23.1 Å². The summed E-state index contributed by atoms with van der Waals surface area (Å²) in [7, 11) is 0. The lowest BCUT2D eigenvalue weighted by Gasteiger charge is -2.19. The monoisotopic (exact) mass is 272 g/mol. The maximum absolute atomic E-state index is 12.0. The number of rotatable bonds is 3. The molecule has 0 atom stereocenters. The van der Waals surface area contributed by atoms with Gasteiger partial charge < -0.3 is 15.2 Å². The molecule has 0 aliphatic carbocycles. The highest BCUT2D eigenvalue weighted by Crippen LogP contribution is 2.33. The fraction of sp³-hybridized carbons (Fsp3) is 0.286. The van der Waals surface area contributed by atoms with Crippen molar-refractivity contribution < 1.29 is 9.32 Å². The minimum Gasteiger partial charge on any atom is -0.397 e. The van der Waals surface area contributed by atoms with Crippen LogP contribution in [0.25, 0.3) is 0 Å². The summed E-state index contributed by atoms with van der Waals surface area (Å²) in [6.07, 6.45) is 0.912. The molecule has 0 radical (unpaired) electrons. The largest absolute Gasteiger partial charge is 0.397 e. The van der Waals surface area contributed by atoms with Gasteiger partial charge in [-0.3, -0.25) is 10.1 Å². The van der Waals surface area contributed by atoms with E-state index in [0.717, 1.165) is 24.3 Å². The molecule has 1 aliphatic heterocycles. The van der Waals surface area contributed by atoms with Gasteiger partial charge >= 0.3 is 0 Å². The van der Waals surface area contributed by atoms with Gasteiger partial charge in [-0.25, -0.2) is 0 Å². The van der Waals surface area contributed by atoms with E-state index in [9.17, 15) is 4.79 Å². The predicted octanol–water partition coefficient (Wildman–Crippen LogP) is 1.57. The molecule has 6 nitrogen and oxygen atoms in total. The molecule has 2 heterocycles. The molecule has 1 amide bonds. The molecule has 0 saturated heterocycles. The zero-order valence-electron chi connectivity index (χ0n) is 11.2. The summed E-state index contributed by atoms with van der Waals surface area (Å²) in [6.45, 7) is 2.85. The Labute approximate surface area is 116 Å². The van der Waals surface area contributed by atoms with E-state index in [-0.39, 0.29) is 12.5 Å². The van der Waals surface area contributed by atoms with E-state index in [2.05, 4.69) is 10.5 Å². The summed E-state index contributed by atoms with van der Waals surface area (Å²) in [5, 5.41) is 6.42. The molecular weight excluding hydrogens is 256 g/mol. The number of anilines is 3. The van der Waals surface area contributed by atoms with Gasteiger partial charge in [0.15, 0.2) is 0 Å². The van der Waals surface area contributed by atoms with Crippen LogP contribution in [0, 0.1) is 6.92 Å². The van der Waals surface area contributed by atoms with Crippen LogP contribution in [-0.2, 0) is 11.2 Å². The lowest BCUT2D eigenvalue weighted by Crippen LogP contribution is -2.32. The molecule has 6 heteroatoms. The number of aryl methyl sites for hydroxylation is 1. The van der Waals surface area contributed by atoms with E-state index in [1.54, 1.807) is 13.0 Å². The molecular formula is C14H16N4O2. The standard InChI is InChI=1S/C14H16N4O2/c1-9-7-13(20-17-9)16-12(19)8-18-6-5-10-3-2-4-11(15)14(10)18/h2-4,7H,5-6,8,15H2,1H3,(H,16,19). The summed E-state index contributed by atoms with van der Waals surface area (Å²) in [4.78, 5) is 14.0. The minimum atomic E-state index is -0.141. The van der Waals surface area contributed by atoms with Crippen molar-refractivity contribution in [3.63, 3.8) is 0 Å². The molecule has 20 heavy (non-hydrogen) atoms. The summed E-state index contributed by atoms with van der Waals surface area (Å²) < 4.78 is 4.97. The Kier molecular flexibility index (Phi) is 3.06. The topological polar surface area (TPSA) is 84.4 Å². The lowest BCUT2D eigenvalue weighted by molar-refractivity contribution is -0.115. The van der Waals surface area contributed by atoms with Crippen molar-refractivity contribution in [2.75, 3.05) is 29.0 Å². The van der Waals surface area contributed by atoms with Crippen molar-refractivity contribution in [3.8, 4) is 0 Å². The van der Waals surface area contributed by atoms with Crippen LogP contribution in [0.5, 0.6) is 0 Å². The lowest BCUT2D eigenvalue weighted by atomic mass is 10.1. The molecule has 0 bridgehead atoms. The number of nitrogen functional groups attached to an aromatic ring is 1. The number of benzene rings is 1. The van der Waals surface area contributed by atoms with E-state index >= 15 is 0 Å². The third kappa shape index (κ3) is 2.32. The number of carbonyl (C=O) groups is 1. The van der Waals surface area contributed by atoms with Crippen molar-refractivity contribution in [1.82, 2.24) is 5.16 Å². The van der Waals surface area contributed by atoms with Gasteiger partial charge in [0.05, 0.1) is 23.6 Å². The summed E-state index contributed by atoms with van der Waals surface area (Å²) in [5.41, 5.74) is 9.59. The highest BCUT2D eigenvalue weighted by atomic mass is 16.5. The van der Waals surface area contributed by atoms with E-state index in [1.165, 1.54) is 5.56 Å². The number of hydrogen-bond donors (Lipinski definition) is 2. The summed E-state index contributed by atoms with van der Waals surface area (Å²) >= 11 is 0. The SMILES string of the molecule is Cc1cc(NC(=O)CN2CCc3cccc(N)c32)on1. The van der Waals surface area contributed by atoms with E-state index in [0.29, 0.717) is 11.6 Å². The van der Waals surface area contributed by atoms with Crippen LogP contribution < -0.4 is 16.0 Å². The van der Waals surface area contributed by atoms with Gasteiger partial charge in [0.25, 0.3) is 0 Å². The van der Waals surface area contributed by atoms with Crippen molar-refractivity contribution in [2.24, 2.45) is 0 Å². The van der Waals surface area contributed by atoms with Crippen LogP contribution in [-0.4, -0.2) is 24.2 Å². The Bertz CT molecular complexity index is 650. The van der Waals surface area contributed by atoms with E-state index < -0.39 is 0 Å². The Morgan fingerprint density at radius 3 is 3.15 bits per heavy atom. The normalized spacial score (nSPS) is 13.3. The molecule has 0 fully saturated rings. The maximum Gasteiger partial charge on any atom is 0.246 e. The van der Waals surface area contributed by atoms with E-state index in [4.69, 9.17) is 10.3 Å². The molecule has 0 unspecified atom stereocenters. The second kappa shape index (κ2) is 4.88. The van der Waals surface area contributed by atoms with Crippen LogP contribution in [0.1, 0.15) is 11.3 Å². The van der Waals surface area contributed by atoms with Gasteiger partial charge in [-0.1, -0.05) is 17.3 Å². The van der Waals surface area contributed by atoms with Crippen molar-refractivity contribution in [2.45, 2.75) is 13.3 Å². The number of fused-ring (bicyclic) bond motifs is 1. The number of nitrogens with two attached hydrogens (primary N) is 1. The molecule has 104 valence electrons. The highest BCUT2D eigenvalue weighted by Gasteiger charge is 2.23. The number of amides is 1. The maximum atomic E-state index is 12.0. The van der Waals surface area contributed by atoms with Gasteiger partial charge in [-0.2, -0.15) is 0 Å². The van der Waals surface area contributed by atoms with Gasteiger partial charge in [-0.05, 0) is 25.0 Å². The quantitative estimate of drug-likeness (QED) is 0.828. The second-order valence-corrected chi connectivity index (χ2v) is 4.91. The van der Waals surface area contributed by atoms with Crippen LogP contribution in [0.15, 0.2) is 28.8 Å². The van der Waals surface area contributed by atoms with Gasteiger partial charge in [-0.15, -0.1) is 0 Å². The van der Waals surface area contributed by atoms with Crippen molar-refractivity contribution >= 4 is 23.2 Å². The van der Waals surface area contributed by atoms with Crippen LogP contribution >= 0.6 is 0 Å². The molecule has 2 aromatic rings. The highest BCUT2D eigenvalue weighted by molar-refractivity contribution is 5.94. The first-order chi connectivity index (χ1) is 9.63. The van der Waals surface area contributed by atoms with Gasteiger partial charge in [0.1, 0.15) is 0 Å². The van der Waals surface area contributed by atoms with Crippen molar-refractivity contribution in [1.29, 1.82) is 0 Å². The van der Waals surface area contributed by atoms with Crippen molar-refractivity contribution in [3.05, 3.63) is 35.5 Å². The zero-order chi connectivity index (χ0) is 14.1. The minimum absolute atomic E-state index is 0.141. The molecule has 0 spiro atoms. The Morgan fingerprint density at radius 2 is 2.40 bits per heavy atom. The molecule has 0 saturated carbocycles. The Balaban J connectivity index is 1.69. The van der Waals surface area contributed by atoms with Crippen LogP contribution in [0.4, 0.5) is 17.3 Å². The average molecular weight is 272 g/mol. The summed E-state index contributed by atoms with van der Waals surface area (Å²) in [5.74, 6) is 0.227. The first kappa shape index (κ1) is 12.5. The molecule has 1 aromatic carbocycles. The average Bonchev–Trinajstić information content (AvgIpc) is 2.97. The third-order valence-corrected chi connectivity index (χ3v) is 3.34. The Morgan fingerprint density at radius 1 is 1.55 bits per heavy atom. The van der Waals surface area contributed by atoms with Gasteiger partial charge in [0, 0.05) is 12.6 Å². The van der Waals surface area contributed by atoms with Crippen LogP contribution in [0.3, 0.4) is 0 Å².